The van der Waals surface area contributed by atoms with Gasteiger partial charge in [-0.3, -0.25) is 9.59 Å². The zero-order valence-corrected chi connectivity index (χ0v) is 18.5. The monoisotopic (exact) mass is 440 g/mol. The second kappa shape index (κ2) is 9.19. The Balaban J connectivity index is 1.36. The number of thiophene rings is 1. The van der Waals surface area contributed by atoms with E-state index in [1.54, 1.807) is 0 Å². The van der Waals surface area contributed by atoms with Gasteiger partial charge in [0.25, 0.3) is 5.91 Å². The van der Waals surface area contributed by atoms with Gasteiger partial charge in [0.15, 0.2) is 0 Å². The fourth-order valence-electron chi connectivity index (χ4n) is 4.11. The molecule has 6 heteroatoms. The number of hydrogen-bond acceptors (Lipinski definition) is 3. The van der Waals surface area contributed by atoms with Gasteiger partial charge in [-0.2, -0.15) is 0 Å². The maximum absolute atomic E-state index is 13.0. The number of carbonyl (C=O) groups is 2. The molecule has 0 saturated carbocycles. The summed E-state index contributed by atoms with van der Waals surface area (Å²) in [6, 6.07) is 17.8. The van der Waals surface area contributed by atoms with Crippen molar-refractivity contribution in [2.45, 2.75) is 38.1 Å². The van der Waals surface area contributed by atoms with Crippen molar-refractivity contribution in [3.8, 4) is 0 Å². The van der Waals surface area contributed by atoms with Crippen LogP contribution in [0.4, 0.5) is 0 Å². The van der Waals surface area contributed by atoms with E-state index >= 15 is 0 Å². The number of fused-ring (bicyclic) bond motifs is 1. The molecule has 0 bridgehead atoms. The first-order valence-corrected chi connectivity index (χ1v) is 11.6. The van der Waals surface area contributed by atoms with Gasteiger partial charge in [0.2, 0.25) is 5.91 Å². The molecular weight excluding hydrogens is 416 g/mol. The van der Waals surface area contributed by atoms with Crippen LogP contribution in [-0.4, -0.2) is 35.8 Å². The molecule has 2 aromatic carbocycles. The Hall–Kier alpha value is -2.37. The van der Waals surface area contributed by atoms with Crippen LogP contribution in [0.1, 0.15) is 47.3 Å². The molecule has 2 heterocycles. The van der Waals surface area contributed by atoms with Crippen molar-refractivity contribution < 1.29 is 9.59 Å². The van der Waals surface area contributed by atoms with E-state index < -0.39 is 0 Å². The molecule has 1 aliphatic rings. The summed E-state index contributed by atoms with van der Waals surface area (Å²) in [6.07, 6.45) is 2.29. The summed E-state index contributed by atoms with van der Waals surface area (Å²) < 4.78 is 1.01. The number of carbonyl (C=O) groups excluding carboxylic acids is 2. The first-order chi connectivity index (χ1) is 14.6. The van der Waals surface area contributed by atoms with Gasteiger partial charge in [0.05, 0.1) is 10.9 Å². The fourth-order valence-corrected chi connectivity index (χ4v) is 5.53. The molecule has 1 unspecified atom stereocenters. The summed E-state index contributed by atoms with van der Waals surface area (Å²) in [5, 5.41) is 4.56. The summed E-state index contributed by atoms with van der Waals surface area (Å²) in [5.41, 5.74) is 1.07. The van der Waals surface area contributed by atoms with Crippen molar-refractivity contribution in [2.24, 2.45) is 0 Å². The molecule has 0 radical (unpaired) electrons. The zero-order valence-electron chi connectivity index (χ0n) is 16.9. The predicted octanol–water partition coefficient (Wildman–Crippen LogP) is 5.47. The highest BCUT2D eigenvalue weighted by atomic mass is 35.5. The third-order valence-electron chi connectivity index (χ3n) is 5.79. The SMILES string of the molecule is CCC(C(=O)N1CCC(NC(=O)c2sc3ccccc3c2Cl)CC1)c1ccccc1. The Kier molecular flexibility index (Phi) is 6.40. The van der Waals surface area contributed by atoms with E-state index in [-0.39, 0.29) is 23.8 Å². The van der Waals surface area contributed by atoms with Gasteiger partial charge in [-0.05, 0) is 30.9 Å². The molecule has 1 aliphatic heterocycles. The van der Waals surface area contributed by atoms with Gasteiger partial charge in [-0.15, -0.1) is 11.3 Å². The van der Waals surface area contributed by atoms with Crippen LogP contribution in [0.15, 0.2) is 54.6 Å². The molecule has 4 nitrogen and oxygen atoms in total. The van der Waals surface area contributed by atoms with E-state index in [2.05, 4.69) is 12.2 Å². The lowest BCUT2D eigenvalue weighted by molar-refractivity contribution is -0.134. The third-order valence-corrected chi connectivity index (χ3v) is 7.47. The highest BCUT2D eigenvalue weighted by Gasteiger charge is 2.29. The van der Waals surface area contributed by atoms with Crippen molar-refractivity contribution in [2.75, 3.05) is 13.1 Å². The Morgan fingerprint density at radius 1 is 1.10 bits per heavy atom. The number of halogens is 1. The average molecular weight is 441 g/mol. The van der Waals surface area contributed by atoms with Crippen LogP contribution in [0.25, 0.3) is 10.1 Å². The number of amides is 2. The van der Waals surface area contributed by atoms with E-state index in [9.17, 15) is 9.59 Å². The van der Waals surface area contributed by atoms with Crippen LogP contribution < -0.4 is 5.32 Å². The highest BCUT2D eigenvalue weighted by molar-refractivity contribution is 7.21. The minimum absolute atomic E-state index is 0.0552. The van der Waals surface area contributed by atoms with Crippen LogP contribution in [0.5, 0.6) is 0 Å². The lowest BCUT2D eigenvalue weighted by atomic mass is 9.93. The van der Waals surface area contributed by atoms with Crippen LogP contribution in [0.2, 0.25) is 5.02 Å². The van der Waals surface area contributed by atoms with Crippen molar-refractivity contribution >= 4 is 44.8 Å². The zero-order chi connectivity index (χ0) is 21.1. The van der Waals surface area contributed by atoms with Gasteiger partial charge in [0.1, 0.15) is 4.88 Å². The summed E-state index contributed by atoms with van der Waals surface area (Å²) in [7, 11) is 0. The Morgan fingerprint density at radius 3 is 2.43 bits per heavy atom. The smallest absolute Gasteiger partial charge is 0.263 e. The Bertz CT molecular complexity index is 1040. The van der Waals surface area contributed by atoms with Crippen LogP contribution in [0.3, 0.4) is 0 Å². The second-order valence-electron chi connectivity index (χ2n) is 7.69. The van der Waals surface area contributed by atoms with Gasteiger partial charge in [-0.1, -0.05) is 67.1 Å². The van der Waals surface area contributed by atoms with E-state index in [1.807, 2.05) is 59.5 Å². The number of nitrogens with one attached hydrogen (secondary N) is 1. The molecule has 0 spiro atoms. The van der Waals surface area contributed by atoms with E-state index in [1.165, 1.54) is 11.3 Å². The number of likely N-dealkylation sites (tertiary alicyclic amines) is 1. The molecule has 0 aliphatic carbocycles. The lowest BCUT2D eigenvalue weighted by Crippen LogP contribution is -2.47. The van der Waals surface area contributed by atoms with Crippen LogP contribution in [0, 0.1) is 0 Å². The number of benzene rings is 2. The van der Waals surface area contributed by atoms with E-state index in [4.69, 9.17) is 11.6 Å². The topological polar surface area (TPSA) is 49.4 Å². The largest absolute Gasteiger partial charge is 0.348 e. The predicted molar refractivity (Wildman–Crippen MR) is 123 cm³/mol. The summed E-state index contributed by atoms with van der Waals surface area (Å²) in [6.45, 7) is 3.37. The standard InChI is InChI=1S/C24H25ClN2O2S/c1-2-18(16-8-4-3-5-9-16)24(29)27-14-12-17(13-15-27)26-23(28)22-21(25)19-10-6-7-11-20(19)30-22/h3-11,17-18H,2,12-15H2,1H3,(H,26,28). The van der Waals surface area contributed by atoms with Gasteiger partial charge in [-0.25, -0.2) is 0 Å². The number of nitrogens with zero attached hydrogens (tertiary/aromatic N) is 1. The number of hydrogen-bond donors (Lipinski definition) is 1. The molecule has 1 fully saturated rings. The normalized spacial score (nSPS) is 15.9. The van der Waals surface area contributed by atoms with Gasteiger partial charge < -0.3 is 10.2 Å². The first kappa shape index (κ1) is 20.9. The average Bonchev–Trinajstić information content (AvgIpc) is 3.12. The summed E-state index contributed by atoms with van der Waals surface area (Å²) in [5.74, 6) is -0.0441. The van der Waals surface area contributed by atoms with Gasteiger partial charge in [0, 0.05) is 29.2 Å². The molecule has 1 N–H and O–H groups in total. The highest BCUT2D eigenvalue weighted by Crippen LogP contribution is 2.35. The van der Waals surface area contributed by atoms with Crippen molar-refractivity contribution in [3.63, 3.8) is 0 Å². The molecule has 4 rings (SSSR count). The minimum Gasteiger partial charge on any atom is -0.348 e. The fraction of sp³-hybridized carbons (Fsp3) is 0.333. The molecule has 1 saturated heterocycles. The van der Waals surface area contributed by atoms with Gasteiger partial charge >= 0.3 is 0 Å². The molecular formula is C24H25ClN2O2S. The van der Waals surface area contributed by atoms with Crippen LogP contribution >= 0.6 is 22.9 Å². The lowest BCUT2D eigenvalue weighted by Gasteiger charge is -2.34. The summed E-state index contributed by atoms with van der Waals surface area (Å²) >= 11 is 7.86. The Morgan fingerprint density at radius 2 is 1.77 bits per heavy atom. The molecule has 30 heavy (non-hydrogen) atoms. The minimum atomic E-state index is -0.123. The number of piperidine rings is 1. The summed E-state index contributed by atoms with van der Waals surface area (Å²) in [4.78, 5) is 28.3. The maximum atomic E-state index is 13.0. The third kappa shape index (κ3) is 4.23. The quantitative estimate of drug-likeness (QED) is 0.571. The van der Waals surface area contributed by atoms with Crippen molar-refractivity contribution in [1.29, 1.82) is 0 Å². The second-order valence-corrected chi connectivity index (χ2v) is 9.12. The molecule has 2 amide bonds. The molecule has 1 atom stereocenters. The number of rotatable bonds is 5. The van der Waals surface area contributed by atoms with Crippen molar-refractivity contribution in [3.05, 3.63) is 70.1 Å². The van der Waals surface area contributed by atoms with E-state index in [0.29, 0.717) is 23.0 Å². The maximum Gasteiger partial charge on any atom is 0.263 e. The molecule has 1 aromatic heterocycles. The molecule has 156 valence electrons. The van der Waals surface area contributed by atoms with Crippen LogP contribution in [-0.2, 0) is 4.79 Å². The van der Waals surface area contributed by atoms with E-state index in [0.717, 1.165) is 34.9 Å². The molecule has 3 aromatic rings. The van der Waals surface area contributed by atoms with Crippen molar-refractivity contribution in [1.82, 2.24) is 10.2 Å². The Labute approximate surface area is 185 Å². The first-order valence-electron chi connectivity index (χ1n) is 10.4.